The van der Waals surface area contributed by atoms with E-state index in [0.29, 0.717) is 5.92 Å². The van der Waals surface area contributed by atoms with Crippen LogP contribution in [-0.4, -0.2) is 0 Å². The molecule has 0 aromatic heterocycles. The first-order chi connectivity index (χ1) is 4.34. The lowest BCUT2D eigenvalue weighted by atomic mass is 10.0. The molecule has 0 radical (unpaired) electrons. The SMILES string of the molecule is CCC1C=C=CC=C1Cl. The van der Waals surface area contributed by atoms with Gasteiger partial charge in [0.05, 0.1) is 0 Å². The maximum Gasteiger partial charge on any atom is 0.0262 e. The Kier molecular flexibility index (Phi) is 2.16. The second-order valence-corrected chi connectivity index (χ2v) is 2.50. The highest BCUT2D eigenvalue weighted by Crippen LogP contribution is 2.21. The molecule has 1 atom stereocenters. The van der Waals surface area contributed by atoms with Gasteiger partial charge in [-0.15, -0.1) is 5.73 Å². The summed E-state index contributed by atoms with van der Waals surface area (Å²) in [5.41, 5.74) is 3.01. The topological polar surface area (TPSA) is 0 Å². The van der Waals surface area contributed by atoms with Crippen molar-refractivity contribution in [3.05, 3.63) is 29.0 Å². The molecule has 0 heterocycles. The lowest BCUT2D eigenvalue weighted by Crippen LogP contribution is -1.94. The third-order valence-corrected chi connectivity index (χ3v) is 1.84. The maximum absolute atomic E-state index is 5.84. The standard InChI is InChI=1S/C8H9Cl/c1-2-7-5-3-4-6-8(7)9/h4-7H,2H2,1H3. The Balaban J connectivity index is 2.76. The van der Waals surface area contributed by atoms with Crippen LogP contribution >= 0.6 is 11.6 Å². The van der Waals surface area contributed by atoms with Crippen LogP contribution in [0.5, 0.6) is 0 Å². The molecule has 1 aliphatic carbocycles. The molecule has 0 saturated heterocycles. The van der Waals surface area contributed by atoms with Crippen molar-refractivity contribution in [2.75, 3.05) is 0 Å². The van der Waals surface area contributed by atoms with Gasteiger partial charge in [0.1, 0.15) is 0 Å². The number of hydrogen-bond acceptors (Lipinski definition) is 0. The van der Waals surface area contributed by atoms with Crippen LogP contribution in [0.4, 0.5) is 0 Å². The lowest BCUT2D eigenvalue weighted by molar-refractivity contribution is 0.758. The second-order valence-electron chi connectivity index (χ2n) is 2.07. The van der Waals surface area contributed by atoms with E-state index in [1.165, 1.54) is 0 Å². The molecule has 0 aromatic carbocycles. The van der Waals surface area contributed by atoms with Crippen LogP contribution < -0.4 is 0 Å². The predicted octanol–water partition coefficient (Wildman–Crippen LogP) is 2.86. The average Bonchev–Trinajstić information content (AvgIpc) is 1.89. The van der Waals surface area contributed by atoms with Crippen molar-refractivity contribution in [2.24, 2.45) is 5.92 Å². The van der Waals surface area contributed by atoms with Crippen molar-refractivity contribution in [2.45, 2.75) is 13.3 Å². The predicted molar refractivity (Wildman–Crippen MR) is 40.4 cm³/mol. The van der Waals surface area contributed by atoms with Gasteiger partial charge in [-0.1, -0.05) is 18.5 Å². The van der Waals surface area contributed by atoms with Crippen LogP contribution in [0.3, 0.4) is 0 Å². The first kappa shape index (κ1) is 6.67. The number of halogens is 1. The minimum atomic E-state index is 0.414. The molecule has 0 aromatic rings. The molecule has 0 fully saturated rings. The van der Waals surface area contributed by atoms with Crippen molar-refractivity contribution < 1.29 is 0 Å². The maximum atomic E-state index is 5.84. The second kappa shape index (κ2) is 2.91. The Labute approximate surface area is 60.5 Å². The fourth-order valence-electron chi connectivity index (χ4n) is 0.815. The van der Waals surface area contributed by atoms with Crippen molar-refractivity contribution in [1.82, 2.24) is 0 Å². The molecule has 0 N–H and O–H groups in total. The van der Waals surface area contributed by atoms with E-state index in [4.69, 9.17) is 11.6 Å². The Hall–Kier alpha value is -0.450. The third-order valence-electron chi connectivity index (χ3n) is 1.43. The Morgan fingerprint density at radius 2 is 2.56 bits per heavy atom. The molecular weight excluding hydrogens is 132 g/mol. The number of allylic oxidation sites excluding steroid dienone is 3. The van der Waals surface area contributed by atoms with Gasteiger partial charge >= 0.3 is 0 Å². The van der Waals surface area contributed by atoms with E-state index in [-0.39, 0.29) is 0 Å². The van der Waals surface area contributed by atoms with E-state index in [9.17, 15) is 0 Å². The molecule has 0 amide bonds. The van der Waals surface area contributed by atoms with E-state index in [2.05, 4.69) is 12.7 Å². The fourth-order valence-corrected chi connectivity index (χ4v) is 1.10. The van der Waals surface area contributed by atoms with Gasteiger partial charge in [-0.3, -0.25) is 0 Å². The highest BCUT2D eigenvalue weighted by Gasteiger charge is 2.05. The van der Waals surface area contributed by atoms with Gasteiger partial charge in [-0.2, -0.15) is 0 Å². The zero-order valence-corrected chi connectivity index (χ0v) is 6.15. The molecule has 48 valence electrons. The molecular formula is C8H9Cl. The highest BCUT2D eigenvalue weighted by molar-refractivity contribution is 6.30. The first-order valence-corrected chi connectivity index (χ1v) is 3.50. The Bertz CT molecular complexity index is 183. The van der Waals surface area contributed by atoms with Crippen LogP contribution in [-0.2, 0) is 0 Å². The summed E-state index contributed by atoms with van der Waals surface area (Å²) < 4.78 is 0. The van der Waals surface area contributed by atoms with Crippen LogP contribution in [0.1, 0.15) is 13.3 Å². The van der Waals surface area contributed by atoms with Crippen molar-refractivity contribution in [1.29, 1.82) is 0 Å². The van der Waals surface area contributed by atoms with Crippen LogP contribution in [0.2, 0.25) is 0 Å². The van der Waals surface area contributed by atoms with E-state index < -0.39 is 0 Å². The molecule has 0 aliphatic heterocycles. The van der Waals surface area contributed by atoms with Crippen LogP contribution in [0, 0.1) is 5.92 Å². The van der Waals surface area contributed by atoms with Gasteiger partial charge in [-0.25, -0.2) is 0 Å². The lowest BCUT2D eigenvalue weighted by Gasteiger charge is -2.07. The number of rotatable bonds is 1. The quantitative estimate of drug-likeness (QED) is 0.492. The number of hydrogen-bond donors (Lipinski definition) is 0. The summed E-state index contributed by atoms with van der Waals surface area (Å²) in [6.45, 7) is 2.12. The van der Waals surface area contributed by atoms with Crippen LogP contribution in [0.25, 0.3) is 0 Å². The molecule has 1 aliphatic rings. The minimum absolute atomic E-state index is 0.414. The fraction of sp³-hybridized carbons (Fsp3) is 0.375. The van der Waals surface area contributed by atoms with E-state index in [1.54, 1.807) is 0 Å². The molecule has 1 rings (SSSR count). The van der Waals surface area contributed by atoms with Gasteiger partial charge in [0.25, 0.3) is 0 Å². The van der Waals surface area contributed by atoms with Crippen molar-refractivity contribution in [3.8, 4) is 0 Å². The Morgan fingerprint density at radius 1 is 1.78 bits per heavy atom. The van der Waals surface area contributed by atoms with Crippen molar-refractivity contribution in [3.63, 3.8) is 0 Å². The van der Waals surface area contributed by atoms with Gasteiger partial charge in [-0.05, 0) is 24.6 Å². The minimum Gasteiger partial charge on any atom is -0.124 e. The molecule has 1 unspecified atom stereocenters. The summed E-state index contributed by atoms with van der Waals surface area (Å²) in [5.74, 6) is 0.414. The van der Waals surface area contributed by atoms with Crippen molar-refractivity contribution >= 4 is 11.6 Å². The third kappa shape index (κ3) is 1.48. The molecule has 0 bridgehead atoms. The monoisotopic (exact) mass is 140 g/mol. The molecule has 9 heavy (non-hydrogen) atoms. The summed E-state index contributed by atoms with van der Waals surface area (Å²) in [5, 5.41) is 0.927. The average molecular weight is 141 g/mol. The summed E-state index contributed by atoms with van der Waals surface area (Å²) >= 11 is 5.84. The first-order valence-electron chi connectivity index (χ1n) is 3.13. The molecule has 0 saturated carbocycles. The van der Waals surface area contributed by atoms with Crippen LogP contribution in [0.15, 0.2) is 29.0 Å². The zero-order chi connectivity index (χ0) is 6.69. The van der Waals surface area contributed by atoms with Gasteiger partial charge in [0.15, 0.2) is 0 Å². The summed E-state index contributed by atoms with van der Waals surface area (Å²) in [6, 6.07) is 0. The smallest absolute Gasteiger partial charge is 0.0262 e. The summed E-state index contributed by atoms with van der Waals surface area (Å²) in [7, 11) is 0. The van der Waals surface area contributed by atoms with Gasteiger partial charge in [0.2, 0.25) is 0 Å². The van der Waals surface area contributed by atoms with E-state index in [1.807, 2.05) is 18.2 Å². The Morgan fingerprint density at radius 3 is 3.00 bits per heavy atom. The summed E-state index contributed by atoms with van der Waals surface area (Å²) in [6.07, 6.45) is 6.81. The largest absolute Gasteiger partial charge is 0.124 e. The molecule has 1 heteroatoms. The summed E-state index contributed by atoms with van der Waals surface area (Å²) in [4.78, 5) is 0. The zero-order valence-electron chi connectivity index (χ0n) is 5.39. The normalized spacial score (nSPS) is 24.2. The van der Waals surface area contributed by atoms with Gasteiger partial charge in [0, 0.05) is 11.0 Å². The van der Waals surface area contributed by atoms with Gasteiger partial charge < -0.3 is 0 Å². The molecule has 0 spiro atoms. The van der Waals surface area contributed by atoms with E-state index >= 15 is 0 Å². The highest BCUT2D eigenvalue weighted by atomic mass is 35.5. The van der Waals surface area contributed by atoms with E-state index in [0.717, 1.165) is 11.5 Å². The molecule has 0 nitrogen and oxygen atoms in total.